The summed E-state index contributed by atoms with van der Waals surface area (Å²) in [5.41, 5.74) is 7.56. The van der Waals surface area contributed by atoms with Crippen LogP contribution in [0.3, 0.4) is 0 Å². The number of para-hydroxylation sites is 1. The van der Waals surface area contributed by atoms with Crippen LogP contribution in [0.1, 0.15) is 5.69 Å². The molecule has 0 aliphatic heterocycles. The van der Waals surface area contributed by atoms with Gasteiger partial charge in [-0.1, -0.05) is 6.07 Å². The van der Waals surface area contributed by atoms with Crippen molar-refractivity contribution < 1.29 is 8.42 Å². The maximum absolute atomic E-state index is 12.2. The molecule has 0 radical (unpaired) electrons. The van der Waals surface area contributed by atoms with Crippen LogP contribution in [0.5, 0.6) is 0 Å². The van der Waals surface area contributed by atoms with Gasteiger partial charge in [-0.15, -0.1) is 0 Å². The summed E-state index contributed by atoms with van der Waals surface area (Å²) in [4.78, 5) is 0.0863. The summed E-state index contributed by atoms with van der Waals surface area (Å²) < 4.78 is 27.0. The Labute approximate surface area is 112 Å². The second kappa shape index (κ2) is 4.67. The van der Waals surface area contributed by atoms with Crippen molar-refractivity contribution in [3.63, 3.8) is 0 Å². The number of nitrogen functional groups attached to an aromatic ring is 1. The molecule has 0 unspecified atom stereocenters. The van der Waals surface area contributed by atoms with E-state index in [1.54, 1.807) is 23.0 Å². The van der Waals surface area contributed by atoms with Crippen LogP contribution in [0.4, 0.5) is 5.69 Å². The van der Waals surface area contributed by atoms with Gasteiger partial charge in [-0.05, 0) is 25.1 Å². The van der Waals surface area contributed by atoms with E-state index in [2.05, 4.69) is 5.10 Å². The highest BCUT2D eigenvalue weighted by Gasteiger charge is 2.22. The van der Waals surface area contributed by atoms with E-state index >= 15 is 0 Å². The highest BCUT2D eigenvalue weighted by molar-refractivity contribution is 7.89. The van der Waals surface area contributed by atoms with Crippen LogP contribution in [0, 0.1) is 6.92 Å². The van der Waals surface area contributed by atoms with Crippen LogP contribution in [-0.4, -0.2) is 36.6 Å². The van der Waals surface area contributed by atoms with Crippen molar-refractivity contribution in [3.8, 4) is 5.69 Å². The van der Waals surface area contributed by atoms with Gasteiger partial charge in [0.2, 0.25) is 10.0 Å². The Bertz CT molecular complexity index is 704. The number of rotatable bonds is 3. The first-order valence-corrected chi connectivity index (χ1v) is 7.11. The smallest absolute Gasteiger partial charge is 0.244 e. The molecule has 102 valence electrons. The molecule has 0 saturated carbocycles. The summed E-state index contributed by atoms with van der Waals surface area (Å²) in [6.45, 7) is 1.85. The molecule has 0 aliphatic carbocycles. The number of nitrogens with zero attached hydrogens (tertiary/aromatic N) is 3. The summed E-state index contributed by atoms with van der Waals surface area (Å²) >= 11 is 0. The summed E-state index contributed by atoms with van der Waals surface area (Å²) in [6, 6.07) is 6.70. The zero-order valence-electron chi connectivity index (χ0n) is 11.0. The van der Waals surface area contributed by atoms with Gasteiger partial charge in [0.05, 0.1) is 17.1 Å². The fraction of sp³-hybridized carbons (Fsp3) is 0.250. The van der Waals surface area contributed by atoms with Gasteiger partial charge < -0.3 is 5.73 Å². The van der Waals surface area contributed by atoms with E-state index in [0.29, 0.717) is 5.69 Å². The first-order chi connectivity index (χ1) is 8.84. The molecule has 1 aromatic carbocycles. The number of aryl methyl sites for hydroxylation is 1. The van der Waals surface area contributed by atoms with E-state index < -0.39 is 10.0 Å². The van der Waals surface area contributed by atoms with E-state index in [-0.39, 0.29) is 10.6 Å². The standard InChI is InChI=1S/C12H16N4O2S/c1-9-7-8-16(14-9)10-5-4-6-11(12(10)13)19(17,18)15(2)3/h4-8H,13H2,1-3H3. The van der Waals surface area contributed by atoms with E-state index in [9.17, 15) is 8.42 Å². The van der Waals surface area contributed by atoms with Crippen LogP contribution in [-0.2, 0) is 10.0 Å². The lowest BCUT2D eigenvalue weighted by atomic mass is 10.3. The molecule has 2 N–H and O–H groups in total. The third-order valence-corrected chi connectivity index (χ3v) is 4.64. The number of aromatic nitrogens is 2. The van der Waals surface area contributed by atoms with Gasteiger partial charge in [0.25, 0.3) is 0 Å². The first-order valence-electron chi connectivity index (χ1n) is 5.67. The van der Waals surface area contributed by atoms with Gasteiger partial charge in [-0.2, -0.15) is 5.10 Å². The first kappa shape index (κ1) is 13.6. The average Bonchev–Trinajstić information content (AvgIpc) is 2.75. The van der Waals surface area contributed by atoms with Crippen molar-refractivity contribution in [2.24, 2.45) is 0 Å². The molecular formula is C12H16N4O2S. The summed E-state index contributed by atoms with van der Waals surface area (Å²) in [7, 11) is -0.621. The van der Waals surface area contributed by atoms with Crippen LogP contribution in [0.15, 0.2) is 35.4 Å². The van der Waals surface area contributed by atoms with Crippen LogP contribution in [0.2, 0.25) is 0 Å². The second-order valence-electron chi connectivity index (χ2n) is 4.38. The Balaban J connectivity index is 2.63. The molecule has 0 aliphatic rings. The van der Waals surface area contributed by atoms with Gasteiger partial charge in [0.1, 0.15) is 4.90 Å². The molecule has 2 aromatic rings. The fourth-order valence-corrected chi connectivity index (χ4v) is 2.73. The van der Waals surface area contributed by atoms with Crippen LogP contribution < -0.4 is 5.73 Å². The molecule has 19 heavy (non-hydrogen) atoms. The van der Waals surface area contributed by atoms with E-state index in [4.69, 9.17) is 5.73 Å². The van der Waals surface area contributed by atoms with Crippen LogP contribution >= 0.6 is 0 Å². The minimum absolute atomic E-state index is 0.0863. The maximum atomic E-state index is 12.2. The van der Waals surface area contributed by atoms with E-state index in [1.165, 1.54) is 20.2 Å². The van der Waals surface area contributed by atoms with E-state index in [1.807, 2.05) is 13.0 Å². The number of anilines is 1. The predicted octanol–water partition coefficient (Wildman–Crippen LogP) is 1.01. The topological polar surface area (TPSA) is 81.2 Å². The number of benzene rings is 1. The largest absolute Gasteiger partial charge is 0.396 e. The molecule has 0 saturated heterocycles. The maximum Gasteiger partial charge on any atom is 0.244 e. The highest BCUT2D eigenvalue weighted by atomic mass is 32.2. The molecule has 0 fully saturated rings. The molecule has 0 amide bonds. The van der Waals surface area contributed by atoms with E-state index in [0.717, 1.165) is 10.00 Å². The molecule has 6 nitrogen and oxygen atoms in total. The Morgan fingerprint density at radius 2 is 1.95 bits per heavy atom. The lowest BCUT2D eigenvalue weighted by Gasteiger charge is -2.15. The highest BCUT2D eigenvalue weighted by Crippen LogP contribution is 2.26. The van der Waals surface area contributed by atoms with Gasteiger partial charge in [-0.3, -0.25) is 0 Å². The number of nitrogens with two attached hydrogens (primary N) is 1. The lowest BCUT2D eigenvalue weighted by molar-refractivity contribution is 0.521. The molecule has 0 bridgehead atoms. The summed E-state index contributed by atoms with van der Waals surface area (Å²) in [6.07, 6.45) is 1.74. The van der Waals surface area contributed by atoms with Crippen molar-refractivity contribution in [3.05, 3.63) is 36.2 Å². The van der Waals surface area contributed by atoms with Gasteiger partial charge in [0.15, 0.2) is 0 Å². The van der Waals surface area contributed by atoms with Crippen molar-refractivity contribution in [1.29, 1.82) is 0 Å². The third kappa shape index (κ3) is 2.34. The quantitative estimate of drug-likeness (QED) is 0.851. The van der Waals surface area contributed by atoms with Gasteiger partial charge >= 0.3 is 0 Å². The number of sulfonamides is 1. The fourth-order valence-electron chi connectivity index (χ4n) is 1.70. The molecule has 1 aromatic heterocycles. The average molecular weight is 280 g/mol. The summed E-state index contributed by atoms with van der Waals surface area (Å²) in [5, 5.41) is 4.24. The molecule has 0 spiro atoms. The monoisotopic (exact) mass is 280 g/mol. The van der Waals surface area contributed by atoms with Gasteiger partial charge in [0, 0.05) is 20.3 Å². The lowest BCUT2D eigenvalue weighted by Crippen LogP contribution is -2.23. The molecule has 7 heteroatoms. The minimum Gasteiger partial charge on any atom is -0.396 e. The Morgan fingerprint density at radius 1 is 1.26 bits per heavy atom. The van der Waals surface area contributed by atoms with Crippen LogP contribution in [0.25, 0.3) is 5.69 Å². The zero-order chi connectivity index (χ0) is 14.2. The minimum atomic E-state index is -3.56. The number of hydrogen-bond acceptors (Lipinski definition) is 4. The van der Waals surface area contributed by atoms with Crippen molar-refractivity contribution in [2.45, 2.75) is 11.8 Å². The predicted molar refractivity (Wildman–Crippen MR) is 73.6 cm³/mol. The third-order valence-electron chi connectivity index (χ3n) is 2.77. The normalized spacial score (nSPS) is 12.0. The van der Waals surface area contributed by atoms with Crippen molar-refractivity contribution in [2.75, 3.05) is 19.8 Å². The molecule has 2 rings (SSSR count). The SMILES string of the molecule is Cc1ccn(-c2cccc(S(=O)(=O)N(C)C)c2N)n1. The second-order valence-corrected chi connectivity index (χ2v) is 6.50. The molecular weight excluding hydrogens is 264 g/mol. The van der Waals surface area contributed by atoms with Crippen molar-refractivity contribution in [1.82, 2.24) is 14.1 Å². The van der Waals surface area contributed by atoms with Crippen molar-refractivity contribution >= 4 is 15.7 Å². The molecule has 1 heterocycles. The number of hydrogen-bond donors (Lipinski definition) is 1. The van der Waals surface area contributed by atoms with Gasteiger partial charge in [-0.25, -0.2) is 17.4 Å². The zero-order valence-corrected chi connectivity index (χ0v) is 11.8. The Kier molecular flexibility index (Phi) is 3.34. The Morgan fingerprint density at radius 3 is 2.47 bits per heavy atom. The summed E-state index contributed by atoms with van der Waals surface area (Å²) in [5.74, 6) is 0. The molecule has 0 atom stereocenters. The Hall–Kier alpha value is -1.86.